The van der Waals surface area contributed by atoms with Gasteiger partial charge in [0.15, 0.2) is 0 Å². The van der Waals surface area contributed by atoms with Crippen LogP contribution in [0, 0.1) is 6.92 Å². The van der Waals surface area contributed by atoms with E-state index in [0.29, 0.717) is 16.5 Å². The van der Waals surface area contributed by atoms with Crippen LogP contribution in [0.2, 0.25) is 15.1 Å². The van der Waals surface area contributed by atoms with Crippen molar-refractivity contribution in [3.63, 3.8) is 0 Å². The number of aromatic nitrogens is 4. The van der Waals surface area contributed by atoms with Gasteiger partial charge in [0, 0.05) is 16.9 Å². The van der Waals surface area contributed by atoms with Gasteiger partial charge in [-0.05, 0) is 25.1 Å². The molecule has 10 heteroatoms. The average Bonchev–Trinajstić information content (AvgIpc) is 2.91. The normalized spacial score (nSPS) is 10.8. The summed E-state index contributed by atoms with van der Waals surface area (Å²) in [6.45, 7) is 1.83. The number of fused-ring (bicyclic) bond motifs is 1. The van der Waals surface area contributed by atoms with Crippen LogP contribution in [-0.4, -0.2) is 25.5 Å². The van der Waals surface area contributed by atoms with Gasteiger partial charge in [0.25, 0.3) is 5.78 Å². The lowest BCUT2D eigenvalue weighted by Crippen LogP contribution is -2.30. The quantitative estimate of drug-likeness (QED) is 0.691. The molecule has 7 nitrogen and oxygen atoms in total. The number of nitrogens with one attached hydrogen (secondary N) is 2. The fourth-order valence-electron chi connectivity index (χ4n) is 1.84. The molecular weight excluding hydrogens is 363 g/mol. The van der Waals surface area contributed by atoms with Gasteiger partial charge in [0.2, 0.25) is 5.82 Å². The summed E-state index contributed by atoms with van der Waals surface area (Å²) in [6.07, 6.45) is 1.59. The highest BCUT2D eigenvalue weighted by molar-refractivity contribution is 6.41. The van der Waals surface area contributed by atoms with Crippen molar-refractivity contribution in [1.82, 2.24) is 25.0 Å². The van der Waals surface area contributed by atoms with Crippen LogP contribution < -0.4 is 10.9 Å². The molecule has 3 aromatic rings. The van der Waals surface area contributed by atoms with Crippen LogP contribution >= 0.6 is 34.8 Å². The standard InChI is InChI=1S/C13H9Cl3N6O/c1-6-2-3-17-13-18-11(21-22(6)13)12(23)20-19-10-8(15)4-7(14)5-9(10)16/h2-5,19H,1H3,(H,20,23). The molecule has 0 aliphatic heterocycles. The zero-order valence-corrected chi connectivity index (χ0v) is 13.9. The number of hydrogen-bond donors (Lipinski definition) is 2. The van der Waals surface area contributed by atoms with Gasteiger partial charge in [-0.3, -0.25) is 15.6 Å². The highest BCUT2D eigenvalue weighted by Crippen LogP contribution is 2.33. The van der Waals surface area contributed by atoms with E-state index in [1.165, 1.54) is 16.6 Å². The van der Waals surface area contributed by atoms with Crippen LogP contribution in [0.5, 0.6) is 0 Å². The number of nitrogens with zero attached hydrogens (tertiary/aromatic N) is 4. The lowest BCUT2D eigenvalue weighted by molar-refractivity contribution is 0.0952. The number of amides is 1. The molecule has 0 saturated carbocycles. The van der Waals surface area contributed by atoms with Crippen molar-refractivity contribution in [2.75, 3.05) is 5.43 Å². The molecule has 2 heterocycles. The Hall–Kier alpha value is -2.09. The van der Waals surface area contributed by atoms with Gasteiger partial charge in [-0.2, -0.15) is 4.98 Å². The van der Waals surface area contributed by atoms with Gasteiger partial charge >= 0.3 is 5.91 Å². The average molecular weight is 372 g/mol. The molecular formula is C13H9Cl3N6O. The van der Waals surface area contributed by atoms with Crippen LogP contribution in [0.25, 0.3) is 5.78 Å². The maximum absolute atomic E-state index is 12.1. The van der Waals surface area contributed by atoms with Crippen molar-refractivity contribution < 1.29 is 4.79 Å². The maximum atomic E-state index is 12.1. The molecule has 0 radical (unpaired) electrons. The summed E-state index contributed by atoms with van der Waals surface area (Å²) in [5.74, 6) is -0.268. The molecule has 0 fully saturated rings. The third-order valence-electron chi connectivity index (χ3n) is 2.94. The number of rotatable bonds is 3. The number of benzene rings is 1. The van der Waals surface area contributed by atoms with Gasteiger partial charge in [0.05, 0.1) is 15.7 Å². The Balaban J connectivity index is 1.80. The van der Waals surface area contributed by atoms with Gasteiger partial charge < -0.3 is 0 Å². The van der Waals surface area contributed by atoms with Gasteiger partial charge in [0.1, 0.15) is 0 Å². The summed E-state index contributed by atoms with van der Waals surface area (Å²) < 4.78 is 1.47. The molecule has 0 atom stereocenters. The van der Waals surface area contributed by atoms with E-state index < -0.39 is 5.91 Å². The molecule has 0 spiro atoms. The summed E-state index contributed by atoms with van der Waals surface area (Å²) in [4.78, 5) is 20.2. The smallest absolute Gasteiger partial charge is 0.295 e. The zero-order valence-electron chi connectivity index (χ0n) is 11.6. The summed E-state index contributed by atoms with van der Waals surface area (Å²) in [5.41, 5.74) is 6.19. The second-order valence-electron chi connectivity index (χ2n) is 4.56. The molecule has 0 aliphatic rings. The molecule has 1 aromatic carbocycles. The van der Waals surface area contributed by atoms with Crippen molar-refractivity contribution in [3.05, 3.63) is 51.0 Å². The zero-order chi connectivity index (χ0) is 16.6. The van der Waals surface area contributed by atoms with Gasteiger partial charge in [-0.25, -0.2) is 9.50 Å². The molecule has 23 heavy (non-hydrogen) atoms. The maximum Gasteiger partial charge on any atom is 0.309 e. The minimum absolute atomic E-state index is 0.0412. The molecule has 0 unspecified atom stereocenters. The predicted molar refractivity (Wildman–Crippen MR) is 88.1 cm³/mol. The first-order valence-corrected chi connectivity index (χ1v) is 7.48. The van der Waals surface area contributed by atoms with Crippen LogP contribution in [0.1, 0.15) is 16.3 Å². The first-order chi connectivity index (χ1) is 11.0. The van der Waals surface area contributed by atoms with Crippen LogP contribution in [0.4, 0.5) is 5.69 Å². The molecule has 0 saturated heterocycles. The third-order valence-corrected chi connectivity index (χ3v) is 3.76. The fraction of sp³-hybridized carbons (Fsp3) is 0.0769. The first kappa shape index (κ1) is 15.8. The van der Waals surface area contributed by atoms with Crippen molar-refractivity contribution >= 4 is 52.2 Å². The molecule has 3 rings (SSSR count). The Kier molecular flexibility index (Phi) is 4.25. The largest absolute Gasteiger partial charge is 0.309 e. The Morgan fingerprint density at radius 2 is 1.91 bits per heavy atom. The molecule has 1 amide bonds. The summed E-state index contributed by atoms with van der Waals surface area (Å²) >= 11 is 17.9. The van der Waals surface area contributed by atoms with E-state index in [9.17, 15) is 4.79 Å². The Morgan fingerprint density at radius 1 is 1.22 bits per heavy atom. The molecule has 0 aliphatic carbocycles. The van der Waals surface area contributed by atoms with E-state index in [0.717, 1.165) is 5.69 Å². The fourth-order valence-corrected chi connectivity index (χ4v) is 2.75. The van der Waals surface area contributed by atoms with Crippen molar-refractivity contribution in [2.24, 2.45) is 0 Å². The lowest BCUT2D eigenvalue weighted by atomic mass is 10.3. The number of aryl methyl sites for hydroxylation is 1. The Morgan fingerprint density at radius 3 is 2.57 bits per heavy atom. The lowest BCUT2D eigenvalue weighted by Gasteiger charge is -2.10. The van der Waals surface area contributed by atoms with E-state index >= 15 is 0 Å². The number of halogens is 3. The van der Waals surface area contributed by atoms with E-state index in [2.05, 4.69) is 25.9 Å². The second-order valence-corrected chi connectivity index (χ2v) is 5.81. The first-order valence-electron chi connectivity index (χ1n) is 6.35. The predicted octanol–water partition coefficient (Wildman–Crippen LogP) is 3.15. The van der Waals surface area contributed by atoms with Crippen LogP contribution in [-0.2, 0) is 0 Å². The summed E-state index contributed by atoms with van der Waals surface area (Å²) in [6, 6.07) is 4.76. The van der Waals surface area contributed by atoms with Gasteiger partial charge in [-0.15, -0.1) is 5.10 Å². The number of anilines is 1. The Labute approximate surface area is 145 Å². The number of hydrazine groups is 1. The van der Waals surface area contributed by atoms with Crippen molar-refractivity contribution in [2.45, 2.75) is 6.92 Å². The molecule has 2 aromatic heterocycles. The molecule has 0 bridgehead atoms. The van der Waals surface area contributed by atoms with E-state index in [4.69, 9.17) is 34.8 Å². The third kappa shape index (κ3) is 3.17. The van der Waals surface area contributed by atoms with Crippen molar-refractivity contribution in [1.29, 1.82) is 0 Å². The Bertz CT molecular complexity index is 887. The number of carbonyl (C=O) groups is 1. The van der Waals surface area contributed by atoms with E-state index in [1.807, 2.05) is 6.92 Å². The molecule has 2 N–H and O–H groups in total. The monoisotopic (exact) mass is 370 g/mol. The minimum atomic E-state index is -0.558. The number of hydrogen-bond acceptors (Lipinski definition) is 5. The van der Waals surface area contributed by atoms with E-state index in [-0.39, 0.29) is 15.9 Å². The highest BCUT2D eigenvalue weighted by atomic mass is 35.5. The minimum Gasteiger partial charge on any atom is -0.295 e. The number of carbonyl (C=O) groups excluding carboxylic acids is 1. The van der Waals surface area contributed by atoms with Gasteiger partial charge in [-0.1, -0.05) is 34.8 Å². The van der Waals surface area contributed by atoms with E-state index in [1.54, 1.807) is 12.3 Å². The second kappa shape index (κ2) is 6.19. The van der Waals surface area contributed by atoms with Crippen molar-refractivity contribution in [3.8, 4) is 0 Å². The summed E-state index contributed by atoms with van der Waals surface area (Å²) in [7, 11) is 0. The highest BCUT2D eigenvalue weighted by Gasteiger charge is 2.15. The molecule has 118 valence electrons. The van der Waals surface area contributed by atoms with Crippen LogP contribution in [0.15, 0.2) is 24.4 Å². The van der Waals surface area contributed by atoms with Crippen LogP contribution in [0.3, 0.4) is 0 Å². The summed E-state index contributed by atoms with van der Waals surface area (Å²) in [5, 5.41) is 5.01. The topological polar surface area (TPSA) is 84.2 Å². The SMILES string of the molecule is Cc1ccnc2nc(C(=O)NNc3c(Cl)cc(Cl)cc3Cl)nn12.